The molecular formula is C21H24Cl2F2N2O. The molecule has 1 saturated carbocycles. The van der Waals surface area contributed by atoms with Gasteiger partial charge in [-0.15, -0.1) is 0 Å². The first-order chi connectivity index (χ1) is 13.2. The van der Waals surface area contributed by atoms with Gasteiger partial charge >= 0.3 is 0 Å². The predicted molar refractivity (Wildman–Crippen MR) is 111 cm³/mol. The number of hydrogen-bond donors (Lipinski definition) is 2. The Balaban J connectivity index is 0.000000849. The highest BCUT2D eigenvalue weighted by atomic mass is 35.5. The van der Waals surface area contributed by atoms with Crippen molar-refractivity contribution in [2.45, 2.75) is 45.4 Å². The van der Waals surface area contributed by atoms with Crippen molar-refractivity contribution in [2.75, 3.05) is 11.9 Å². The largest absolute Gasteiger partial charge is 0.374 e. The third kappa shape index (κ3) is 6.08. The average molecular weight is 429 g/mol. The quantitative estimate of drug-likeness (QED) is 0.549. The van der Waals surface area contributed by atoms with Crippen LogP contribution < -0.4 is 11.1 Å². The maximum Gasteiger partial charge on any atom is 0.236 e. The number of nitrogens with one attached hydrogen (secondary N) is 1. The topological polar surface area (TPSA) is 55.1 Å². The monoisotopic (exact) mass is 428 g/mol. The van der Waals surface area contributed by atoms with Gasteiger partial charge in [-0.25, -0.2) is 8.78 Å². The summed E-state index contributed by atoms with van der Waals surface area (Å²) in [6.07, 6.45) is 4.55. The van der Waals surface area contributed by atoms with Crippen LogP contribution in [0.2, 0.25) is 10.0 Å². The van der Waals surface area contributed by atoms with Crippen LogP contribution in [0.5, 0.6) is 0 Å². The maximum atomic E-state index is 14.6. The standard InChI is InChI=1S/C18H18Cl2F2N2O.C3H6/c1-9(2)11-5-3-4-10(17(11)21)6-12-13(19)7-14(18(22)16(12)20)24-8-15(23)25;1-2-3-1/h3-5,7,9,24H,6,8H2,1-2H3,(H2,23,25);1-3H2. The Hall–Kier alpha value is -1.85. The summed E-state index contributed by atoms with van der Waals surface area (Å²) in [6.45, 7) is 3.52. The average Bonchev–Trinajstić information content (AvgIpc) is 3.50. The summed E-state index contributed by atoms with van der Waals surface area (Å²) in [6, 6.07) is 6.38. The van der Waals surface area contributed by atoms with E-state index in [2.05, 4.69) is 5.32 Å². The molecule has 0 bridgehead atoms. The van der Waals surface area contributed by atoms with E-state index in [0.29, 0.717) is 11.1 Å². The molecule has 0 atom stereocenters. The van der Waals surface area contributed by atoms with Gasteiger partial charge in [-0.05, 0) is 28.7 Å². The normalized spacial score (nSPS) is 12.4. The Labute approximate surface area is 174 Å². The molecule has 1 aliphatic carbocycles. The van der Waals surface area contributed by atoms with E-state index in [9.17, 15) is 13.6 Å². The van der Waals surface area contributed by atoms with E-state index in [0.717, 1.165) is 0 Å². The lowest BCUT2D eigenvalue weighted by Crippen LogP contribution is -2.22. The fourth-order valence-electron chi connectivity index (χ4n) is 2.48. The van der Waals surface area contributed by atoms with Crippen LogP contribution in [-0.4, -0.2) is 12.5 Å². The molecule has 0 radical (unpaired) electrons. The summed E-state index contributed by atoms with van der Waals surface area (Å²) < 4.78 is 29.0. The van der Waals surface area contributed by atoms with E-state index in [4.69, 9.17) is 28.9 Å². The molecule has 2 aromatic rings. The molecule has 28 heavy (non-hydrogen) atoms. The smallest absolute Gasteiger partial charge is 0.236 e. The third-order valence-electron chi connectivity index (χ3n) is 4.16. The van der Waals surface area contributed by atoms with Crippen LogP contribution in [-0.2, 0) is 11.2 Å². The summed E-state index contributed by atoms with van der Waals surface area (Å²) in [7, 11) is 0. The molecule has 0 spiro atoms. The molecule has 1 fully saturated rings. The van der Waals surface area contributed by atoms with Crippen molar-refractivity contribution in [3.8, 4) is 0 Å². The number of primary amides is 1. The first kappa shape index (κ1) is 22.4. The minimum Gasteiger partial charge on any atom is -0.374 e. The van der Waals surface area contributed by atoms with Crippen LogP contribution in [0, 0.1) is 11.6 Å². The highest BCUT2D eigenvalue weighted by Gasteiger charge is 2.19. The number of anilines is 1. The molecule has 0 aromatic heterocycles. The first-order valence-electron chi connectivity index (χ1n) is 9.18. The van der Waals surface area contributed by atoms with Gasteiger partial charge in [-0.3, -0.25) is 4.79 Å². The van der Waals surface area contributed by atoms with E-state index in [1.165, 1.54) is 25.3 Å². The Bertz CT molecular complexity index is 852. The molecule has 3 rings (SSSR count). The minimum atomic E-state index is -0.761. The highest BCUT2D eigenvalue weighted by molar-refractivity contribution is 6.36. The van der Waals surface area contributed by atoms with Gasteiger partial charge in [-0.1, -0.05) is 74.5 Å². The molecule has 0 unspecified atom stereocenters. The van der Waals surface area contributed by atoms with Gasteiger partial charge in [0.2, 0.25) is 5.91 Å². The van der Waals surface area contributed by atoms with Crippen molar-refractivity contribution in [3.63, 3.8) is 0 Å². The molecule has 0 aliphatic heterocycles. The number of carbonyl (C=O) groups is 1. The van der Waals surface area contributed by atoms with Crippen molar-refractivity contribution in [3.05, 3.63) is 62.6 Å². The van der Waals surface area contributed by atoms with Crippen molar-refractivity contribution >= 4 is 34.8 Å². The number of hydrogen-bond acceptors (Lipinski definition) is 2. The Morgan fingerprint density at radius 3 is 2.36 bits per heavy atom. The SMILES string of the molecule is C1CC1.CC(C)c1cccc(Cc2c(Cl)cc(NCC(N)=O)c(F)c2Cl)c1F. The zero-order chi connectivity index (χ0) is 20.8. The van der Waals surface area contributed by atoms with E-state index < -0.39 is 11.7 Å². The zero-order valence-corrected chi connectivity index (χ0v) is 17.4. The number of benzene rings is 2. The fraction of sp³-hybridized carbons (Fsp3) is 0.381. The zero-order valence-electron chi connectivity index (χ0n) is 15.9. The minimum absolute atomic E-state index is 0.0167. The first-order valence-corrected chi connectivity index (χ1v) is 9.93. The van der Waals surface area contributed by atoms with Crippen LogP contribution in [0.3, 0.4) is 0 Å². The van der Waals surface area contributed by atoms with Gasteiger partial charge in [0.1, 0.15) is 5.82 Å². The molecule has 0 heterocycles. The van der Waals surface area contributed by atoms with Crippen molar-refractivity contribution < 1.29 is 13.6 Å². The Morgan fingerprint density at radius 2 is 1.82 bits per heavy atom. The van der Waals surface area contributed by atoms with Gasteiger partial charge in [0, 0.05) is 11.4 Å². The molecular weight excluding hydrogens is 405 g/mol. The molecule has 0 saturated heterocycles. The summed E-state index contributed by atoms with van der Waals surface area (Å²) in [5.41, 5.74) is 6.23. The third-order valence-corrected chi connectivity index (χ3v) is 4.89. The molecule has 2 aromatic carbocycles. The van der Waals surface area contributed by atoms with Gasteiger partial charge in [0.25, 0.3) is 0 Å². The summed E-state index contributed by atoms with van der Waals surface area (Å²) in [5.74, 6) is -1.74. The van der Waals surface area contributed by atoms with Crippen molar-refractivity contribution in [1.82, 2.24) is 0 Å². The van der Waals surface area contributed by atoms with E-state index in [1.807, 2.05) is 13.8 Å². The number of rotatable bonds is 6. The fourth-order valence-corrected chi connectivity index (χ4v) is 3.07. The van der Waals surface area contributed by atoms with Crippen LogP contribution >= 0.6 is 23.2 Å². The van der Waals surface area contributed by atoms with Crippen molar-refractivity contribution in [1.29, 1.82) is 0 Å². The van der Waals surface area contributed by atoms with Gasteiger partial charge in [0.15, 0.2) is 5.82 Å². The lowest BCUT2D eigenvalue weighted by atomic mass is 9.96. The van der Waals surface area contributed by atoms with E-state index in [-0.39, 0.29) is 46.0 Å². The van der Waals surface area contributed by atoms with Crippen LogP contribution in [0.1, 0.15) is 55.7 Å². The van der Waals surface area contributed by atoms with Gasteiger partial charge < -0.3 is 11.1 Å². The van der Waals surface area contributed by atoms with Gasteiger partial charge in [-0.2, -0.15) is 0 Å². The summed E-state index contributed by atoms with van der Waals surface area (Å²) in [4.78, 5) is 10.8. The molecule has 1 amide bonds. The lowest BCUT2D eigenvalue weighted by Gasteiger charge is -2.15. The second-order valence-electron chi connectivity index (χ2n) is 7.04. The highest BCUT2D eigenvalue weighted by Crippen LogP contribution is 2.35. The number of carbonyl (C=O) groups excluding carboxylic acids is 1. The summed E-state index contributed by atoms with van der Waals surface area (Å²) in [5, 5.41) is 2.49. The maximum absolute atomic E-state index is 14.6. The van der Waals surface area contributed by atoms with Crippen LogP contribution in [0.4, 0.5) is 14.5 Å². The molecule has 3 nitrogen and oxygen atoms in total. The molecule has 3 N–H and O–H groups in total. The Morgan fingerprint density at radius 1 is 1.18 bits per heavy atom. The molecule has 7 heteroatoms. The Kier molecular flexibility index (Phi) is 8.08. The summed E-state index contributed by atoms with van der Waals surface area (Å²) >= 11 is 12.3. The second kappa shape index (κ2) is 10.1. The van der Waals surface area contributed by atoms with Crippen LogP contribution in [0.15, 0.2) is 24.3 Å². The van der Waals surface area contributed by atoms with Crippen LogP contribution in [0.25, 0.3) is 0 Å². The van der Waals surface area contributed by atoms with Crippen molar-refractivity contribution in [2.24, 2.45) is 5.73 Å². The van der Waals surface area contributed by atoms with E-state index >= 15 is 0 Å². The number of nitrogens with two attached hydrogens (primary N) is 1. The predicted octanol–water partition coefficient (Wildman–Crippen LogP) is 6.05. The number of halogens is 4. The molecule has 1 aliphatic rings. The van der Waals surface area contributed by atoms with Gasteiger partial charge in [0.05, 0.1) is 17.3 Å². The molecule has 152 valence electrons. The second-order valence-corrected chi connectivity index (χ2v) is 7.83. The van der Waals surface area contributed by atoms with E-state index in [1.54, 1.807) is 18.2 Å². The number of amides is 1. The lowest BCUT2D eigenvalue weighted by molar-refractivity contribution is -0.116.